The molecule has 0 fully saturated rings. The fourth-order valence-corrected chi connectivity index (χ4v) is 9.57. The molecule has 0 saturated heterocycles. The number of amides is 1. The van der Waals surface area contributed by atoms with Crippen molar-refractivity contribution in [1.29, 1.82) is 0 Å². The smallest absolute Gasteiger partial charge is 0.305 e. The molecule has 0 saturated carbocycles. The third-order valence-corrected chi connectivity index (χ3v) is 14.4. The predicted octanol–water partition coefficient (Wildman–Crippen LogP) is 19.6. The van der Waals surface area contributed by atoms with Crippen LogP contribution in [-0.2, 0) is 14.3 Å². The van der Waals surface area contributed by atoms with Gasteiger partial charge in [-0.15, -0.1) is 0 Å². The van der Waals surface area contributed by atoms with Crippen molar-refractivity contribution >= 4 is 11.9 Å². The molecule has 0 aromatic rings. The average Bonchev–Trinajstić information content (AvgIpc) is 3.36. The highest BCUT2D eigenvalue weighted by Crippen LogP contribution is 2.17. The Bertz CT molecular complexity index is 1130. The molecule has 2 atom stereocenters. The van der Waals surface area contributed by atoms with Gasteiger partial charge < -0.3 is 20.3 Å². The van der Waals surface area contributed by atoms with Gasteiger partial charge in [0.1, 0.15) is 0 Å². The minimum atomic E-state index is -0.856. The molecule has 412 valence electrons. The van der Waals surface area contributed by atoms with Crippen LogP contribution in [0.15, 0.2) is 36.5 Å². The zero-order chi connectivity index (χ0) is 50.7. The van der Waals surface area contributed by atoms with Crippen molar-refractivity contribution in [2.24, 2.45) is 0 Å². The van der Waals surface area contributed by atoms with Gasteiger partial charge in [-0.05, 0) is 83.5 Å². The minimum absolute atomic E-state index is 0.00690. The maximum Gasteiger partial charge on any atom is 0.305 e. The number of carbonyl (C=O) groups is 2. The van der Waals surface area contributed by atoms with E-state index in [-0.39, 0.29) is 18.5 Å². The third kappa shape index (κ3) is 55.4. The predicted molar refractivity (Wildman–Crippen MR) is 306 cm³/mol. The molecular weight excluding hydrogens is 863 g/mol. The molecule has 0 aromatic carbocycles. The fourth-order valence-electron chi connectivity index (χ4n) is 9.57. The van der Waals surface area contributed by atoms with Crippen LogP contribution in [0.3, 0.4) is 0 Å². The van der Waals surface area contributed by atoms with E-state index in [0.717, 1.165) is 64.2 Å². The Morgan fingerprint density at radius 3 is 1.01 bits per heavy atom. The Hall–Kier alpha value is -1.92. The summed E-state index contributed by atoms with van der Waals surface area (Å²) in [5, 5.41) is 23.2. The van der Waals surface area contributed by atoms with Crippen molar-refractivity contribution in [3.63, 3.8) is 0 Å². The molecule has 1 amide bonds. The number of unbranched alkanes of at least 4 members (excludes halogenated alkanes) is 43. The van der Waals surface area contributed by atoms with Gasteiger partial charge in [-0.2, -0.15) is 0 Å². The van der Waals surface area contributed by atoms with Crippen LogP contribution in [0.5, 0.6) is 0 Å². The Kier molecular flexibility index (Phi) is 58.0. The number of rotatable bonds is 58. The highest BCUT2D eigenvalue weighted by molar-refractivity contribution is 5.76. The largest absolute Gasteiger partial charge is 0.466 e. The van der Waals surface area contributed by atoms with Crippen LogP contribution < -0.4 is 5.32 Å². The van der Waals surface area contributed by atoms with E-state index in [0.29, 0.717) is 19.4 Å². The standard InChI is InChI=1S/C64H121NO5/c1-3-5-7-9-11-13-15-17-19-21-22-23-25-28-32-36-40-44-48-52-56-62(67)61(60-66)65-63(68)57-53-49-45-41-37-33-29-26-27-31-35-39-43-47-51-55-59-70-64(69)58-54-50-46-42-38-34-30-24-20-18-16-14-12-10-8-6-4-2/h18,20,26,29,52,56,61-62,66-67H,3-17,19,21-25,27-28,30-51,53-55,57-60H2,1-2H3,(H,65,68)/b20-18-,29-26-,56-52+. The van der Waals surface area contributed by atoms with Crippen LogP contribution in [0, 0.1) is 0 Å². The van der Waals surface area contributed by atoms with Crippen LogP contribution >= 0.6 is 0 Å². The van der Waals surface area contributed by atoms with Gasteiger partial charge in [-0.1, -0.05) is 275 Å². The summed E-state index contributed by atoms with van der Waals surface area (Å²) in [4.78, 5) is 24.6. The molecule has 0 spiro atoms. The summed E-state index contributed by atoms with van der Waals surface area (Å²) in [5.41, 5.74) is 0. The number of aliphatic hydroxyl groups excluding tert-OH is 2. The number of esters is 1. The number of nitrogens with one attached hydrogen (secondary N) is 1. The Balaban J connectivity index is 3.49. The van der Waals surface area contributed by atoms with E-state index in [1.54, 1.807) is 6.08 Å². The molecule has 2 unspecified atom stereocenters. The molecular formula is C64H121NO5. The van der Waals surface area contributed by atoms with E-state index in [1.807, 2.05) is 6.08 Å². The normalized spacial score (nSPS) is 12.8. The van der Waals surface area contributed by atoms with Gasteiger partial charge >= 0.3 is 5.97 Å². The topological polar surface area (TPSA) is 95.9 Å². The van der Waals surface area contributed by atoms with E-state index in [1.165, 1.54) is 244 Å². The molecule has 0 radical (unpaired) electrons. The number of carbonyl (C=O) groups excluding carboxylic acids is 2. The van der Waals surface area contributed by atoms with Crippen LogP contribution in [0.25, 0.3) is 0 Å². The highest BCUT2D eigenvalue weighted by atomic mass is 16.5. The van der Waals surface area contributed by atoms with E-state index in [9.17, 15) is 19.8 Å². The van der Waals surface area contributed by atoms with Gasteiger partial charge in [0, 0.05) is 12.8 Å². The van der Waals surface area contributed by atoms with E-state index < -0.39 is 12.1 Å². The molecule has 3 N–H and O–H groups in total. The first kappa shape index (κ1) is 68.1. The molecule has 0 aliphatic heterocycles. The number of aliphatic hydroxyl groups is 2. The molecule has 6 nitrogen and oxygen atoms in total. The summed E-state index contributed by atoms with van der Waals surface area (Å²) in [7, 11) is 0. The second-order valence-corrected chi connectivity index (χ2v) is 21.4. The Morgan fingerprint density at radius 1 is 0.386 bits per heavy atom. The molecule has 0 heterocycles. The van der Waals surface area contributed by atoms with Crippen molar-refractivity contribution in [3.8, 4) is 0 Å². The van der Waals surface area contributed by atoms with E-state index in [4.69, 9.17) is 4.74 Å². The SMILES string of the molecule is CCCCCCCC/C=C\CCCCCCCCCC(=O)OCCCCCCCCC/C=C\CCCCCCCC(=O)NC(CO)C(O)/C=C/CCCCCCCCCCCCCCCCCCCC. The van der Waals surface area contributed by atoms with Gasteiger partial charge in [-0.25, -0.2) is 0 Å². The quantitative estimate of drug-likeness (QED) is 0.0321. The lowest BCUT2D eigenvalue weighted by Crippen LogP contribution is -2.45. The minimum Gasteiger partial charge on any atom is -0.466 e. The fraction of sp³-hybridized carbons (Fsp3) is 0.875. The van der Waals surface area contributed by atoms with Crippen LogP contribution in [0.4, 0.5) is 0 Å². The lowest BCUT2D eigenvalue weighted by Gasteiger charge is -2.20. The number of ether oxygens (including phenoxy) is 1. The summed E-state index contributed by atoms with van der Waals surface area (Å²) < 4.78 is 5.48. The van der Waals surface area contributed by atoms with Crippen LogP contribution in [0.1, 0.15) is 335 Å². The van der Waals surface area contributed by atoms with Gasteiger partial charge in [0.2, 0.25) is 5.91 Å². The first-order valence-corrected chi connectivity index (χ1v) is 31.3. The molecule has 0 aliphatic rings. The third-order valence-electron chi connectivity index (χ3n) is 14.4. The number of hydrogen-bond acceptors (Lipinski definition) is 5. The van der Waals surface area contributed by atoms with Crippen molar-refractivity contribution in [1.82, 2.24) is 5.32 Å². The van der Waals surface area contributed by atoms with Gasteiger partial charge in [0.25, 0.3) is 0 Å². The number of hydrogen-bond donors (Lipinski definition) is 3. The monoisotopic (exact) mass is 984 g/mol. The van der Waals surface area contributed by atoms with Gasteiger partial charge in [0.05, 0.1) is 25.4 Å². The van der Waals surface area contributed by atoms with Gasteiger partial charge in [0.15, 0.2) is 0 Å². The highest BCUT2D eigenvalue weighted by Gasteiger charge is 2.18. The first-order valence-electron chi connectivity index (χ1n) is 31.3. The van der Waals surface area contributed by atoms with Crippen molar-refractivity contribution < 1.29 is 24.5 Å². The van der Waals surface area contributed by atoms with Crippen LogP contribution in [-0.4, -0.2) is 47.4 Å². The van der Waals surface area contributed by atoms with Gasteiger partial charge in [-0.3, -0.25) is 9.59 Å². The first-order chi connectivity index (χ1) is 34.5. The van der Waals surface area contributed by atoms with E-state index >= 15 is 0 Å². The summed E-state index contributed by atoms with van der Waals surface area (Å²) in [6.07, 6.45) is 74.6. The summed E-state index contributed by atoms with van der Waals surface area (Å²) in [5.74, 6) is -0.0898. The second kappa shape index (κ2) is 59.6. The molecule has 70 heavy (non-hydrogen) atoms. The molecule has 0 bridgehead atoms. The van der Waals surface area contributed by atoms with Crippen molar-refractivity contribution in [2.75, 3.05) is 13.2 Å². The average molecular weight is 985 g/mol. The zero-order valence-electron chi connectivity index (χ0n) is 47.0. The van der Waals surface area contributed by atoms with Crippen LogP contribution in [0.2, 0.25) is 0 Å². The van der Waals surface area contributed by atoms with Crippen molar-refractivity contribution in [2.45, 2.75) is 347 Å². The maximum absolute atomic E-state index is 12.5. The maximum atomic E-state index is 12.5. The molecule has 0 aromatic heterocycles. The Morgan fingerprint density at radius 2 is 0.671 bits per heavy atom. The molecule has 6 heteroatoms. The lowest BCUT2D eigenvalue weighted by atomic mass is 10.0. The summed E-state index contributed by atoms with van der Waals surface area (Å²) >= 11 is 0. The molecule has 0 rings (SSSR count). The van der Waals surface area contributed by atoms with Crippen molar-refractivity contribution in [3.05, 3.63) is 36.5 Å². The Labute approximate surface area is 436 Å². The molecule has 0 aliphatic carbocycles. The summed E-state index contributed by atoms with van der Waals surface area (Å²) in [6, 6.07) is -0.641. The lowest BCUT2D eigenvalue weighted by molar-refractivity contribution is -0.143. The second-order valence-electron chi connectivity index (χ2n) is 21.4. The summed E-state index contributed by atoms with van der Waals surface area (Å²) in [6.45, 7) is 4.89. The zero-order valence-corrected chi connectivity index (χ0v) is 47.0. The number of allylic oxidation sites excluding steroid dienone is 5. The van der Waals surface area contributed by atoms with E-state index in [2.05, 4.69) is 43.5 Å².